The quantitative estimate of drug-likeness (QED) is 0.497. The van der Waals surface area contributed by atoms with Crippen LogP contribution >= 0.6 is 0 Å². The van der Waals surface area contributed by atoms with Crippen LogP contribution in [-0.2, 0) is 11.2 Å². The van der Waals surface area contributed by atoms with E-state index in [2.05, 4.69) is 10.6 Å². The molecule has 20 heavy (non-hydrogen) atoms. The van der Waals surface area contributed by atoms with Crippen molar-refractivity contribution < 1.29 is 14.8 Å². The van der Waals surface area contributed by atoms with E-state index in [4.69, 9.17) is 5.11 Å². The molecule has 0 spiro atoms. The molecule has 7 heteroatoms. The first kappa shape index (κ1) is 14.4. The minimum Gasteiger partial charge on any atom is -0.481 e. The topological polar surface area (TPSA) is 104 Å². The van der Waals surface area contributed by atoms with Gasteiger partial charge in [0.25, 0.3) is 5.69 Å². The van der Waals surface area contributed by atoms with Crippen LogP contribution in [0.2, 0.25) is 0 Å². The Bertz CT molecular complexity index is 497. The van der Waals surface area contributed by atoms with Gasteiger partial charge in [0.15, 0.2) is 0 Å². The molecule has 0 atom stereocenters. The lowest BCUT2D eigenvalue weighted by molar-refractivity contribution is -0.384. The number of non-ortho nitro benzene ring substituents is 1. The van der Waals surface area contributed by atoms with Gasteiger partial charge in [-0.25, -0.2) is 0 Å². The van der Waals surface area contributed by atoms with Gasteiger partial charge >= 0.3 is 5.97 Å². The molecule has 7 nitrogen and oxygen atoms in total. The van der Waals surface area contributed by atoms with Crippen molar-refractivity contribution in [2.45, 2.75) is 18.4 Å². The van der Waals surface area contributed by atoms with E-state index in [9.17, 15) is 14.9 Å². The van der Waals surface area contributed by atoms with E-state index in [-0.39, 0.29) is 17.6 Å². The number of carboxylic acids is 1. The molecule has 1 fully saturated rings. The average molecular weight is 279 g/mol. The van der Waals surface area contributed by atoms with Crippen molar-refractivity contribution in [1.29, 1.82) is 0 Å². The Labute approximate surface area is 116 Å². The number of rotatable bonds is 7. The number of hydrogen-bond acceptors (Lipinski definition) is 5. The molecule has 0 saturated carbocycles. The Morgan fingerprint density at radius 3 is 2.50 bits per heavy atom. The summed E-state index contributed by atoms with van der Waals surface area (Å²) < 4.78 is 0. The molecule has 1 saturated heterocycles. The molecule has 0 aliphatic carbocycles. The minimum absolute atomic E-state index is 0.0762. The molecule has 108 valence electrons. The van der Waals surface area contributed by atoms with Crippen molar-refractivity contribution in [2.75, 3.05) is 19.6 Å². The first-order valence-corrected chi connectivity index (χ1v) is 6.42. The summed E-state index contributed by atoms with van der Waals surface area (Å²) in [5.41, 5.74) is 0.709. The van der Waals surface area contributed by atoms with E-state index < -0.39 is 10.9 Å². The lowest BCUT2D eigenvalue weighted by atomic mass is 9.88. The fraction of sp³-hybridized carbons (Fsp3) is 0.462. The highest BCUT2D eigenvalue weighted by molar-refractivity contribution is 5.68. The van der Waals surface area contributed by atoms with Gasteiger partial charge in [-0.15, -0.1) is 0 Å². The maximum absolute atomic E-state index is 10.8. The van der Waals surface area contributed by atoms with Crippen molar-refractivity contribution >= 4 is 11.7 Å². The number of nitrogens with zero attached hydrogens (tertiary/aromatic N) is 1. The molecule has 1 heterocycles. The standard InChI is InChI=1S/C13H17N3O4/c17-12(18)7-13(8-14-9-13)15-6-5-10-1-3-11(4-2-10)16(19)20/h1-4,14-15H,5-9H2,(H,17,18). The molecular formula is C13H17N3O4. The molecule has 0 aromatic heterocycles. The molecule has 1 aliphatic heterocycles. The second kappa shape index (κ2) is 5.98. The molecule has 3 N–H and O–H groups in total. The van der Waals surface area contributed by atoms with Crippen LogP contribution in [0.15, 0.2) is 24.3 Å². The summed E-state index contributed by atoms with van der Waals surface area (Å²) in [6.45, 7) is 1.95. The van der Waals surface area contributed by atoms with Gasteiger partial charge in [-0.1, -0.05) is 12.1 Å². The number of aliphatic carboxylic acids is 1. The van der Waals surface area contributed by atoms with Crippen LogP contribution in [0.25, 0.3) is 0 Å². The van der Waals surface area contributed by atoms with E-state index in [1.165, 1.54) is 12.1 Å². The fourth-order valence-electron chi connectivity index (χ4n) is 2.29. The van der Waals surface area contributed by atoms with Gasteiger partial charge in [0.1, 0.15) is 0 Å². The third-order valence-electron chi connectivity index (χ3n) is 3.48. The Balaban J connectivity index is 1.83. The van der Waals surface area contributed by atoms with Crippen molar-refractivity contribution in [2.24, 2.45) is 0 Å². The second-order valence-corrected chi connectivity index (χ2v) is 5.05. The summed E-state index contributed by atoms with van der Waals surface area (Å²) in [5.74, 6) is -0.811. The fourth-order valence-corrected chi connectivity index (χ4v) is 2.29. The minimum atomic E-state index is -0.811. The molecule has 1 aromatic carbocycles. The predicted octanol–water partition coefficient (Wildman–Crippen LogP) is 0.544. The van der Waals surface area contributed by atoms with Crippen LogP contribution in [0.5, 0.6) is 0 Å². The highest BCUT2D eigenvalue weighted by Crippen LogP contribution is 2.16. The van der Waals surface area contributed by atoms with Crippen molar-refractivity contribution in [3.8, 4) is 0 Å². The SMILES string of the molecule is O=C(O)CC1(NCCc2ccc([N+](=O)[O-])cc2)CNC1. The van der Waals surface area contributed by atoms with Crippen LogP contribution < -0.4 is 10.6 Å². The summed E-state index contributed by atoms with van der Waals surface area (Å²) in [6.07, 6.45) is 0.805. The number of carbonyl (C=O) groups is 1. The number of hydrogen-bond donors (Lipinski definition) is 3. The average Bonchev–Trinajstić information content (AvgIpc) is 2.35. The Hall–Kier alpha value is -1.99. The van der Waals surface area contributed by atoms with E-state index in [0.717, 1.165) is 5.56 Å². The van der Waals surface area contributed by atoms with E-state index in [1.807, 2.05) is 0 Å². The molecule has 0 radical (unpaired) electrons. The Morgan fingerprint density at radius 1 is 1.40 bits per heavy atom. The van der Waals surface area contributed by atoms with Crippen LogP contribution in [0, 0.1) is 10.1 Å². The number of benzene rings is 1. The van der Waals surface area contributed by atoms with E-state index >= 15 is 0 Å². The van der Waals surface area contributed by atoms with Gasteiger partial charge in [-0.3, -0.25) is 14.9 Å². The lowest BCUT2D eigenvalue weighted by Crippen LogP contribution is -2.68. The third-order valence-corrected chi connectivity index (χ3v) is 3.48. The summed E-state index contributed by atoms with van der Waals surface area (Å²) in [4.78, 5) is 20.9. The van der Waals surface area contributed by atoms with E-state index in [1.54, 1.807) is 12.1 Å². The van der Waals surface area contributed by atoms with E-state index in [0.29, 0.717) is 26.1 Å². The van der Waals surface area contributed by atoms with Crippen LogP contribution in [0.1, 0.15) is 12.0 Å². The summed E-state index contributed by atoms with van der Waals surface area (Å²) in [6, 6.07) is 6.41. The lowest BCUT2D eigenvalue weighted by Gasteiger charge is -2.42. The van der Waals surface area contributed by atoms with Gasteiger partial charge in [0.05, 0.1) is 16.9 Å². The number of nitro benzene ring substituents is 1. The zero-order chi connectivity index (χ0) is 14.6. The smallest absolute Gasteiger partial charge is 0.305 e. The van der Waals surface area contributed by atoms with Gasteiger partial charge < -0.3 is 15.7 Å². The van der Waals surface area contributed by atoms with Crippen molar-refractivity contribution in [3.05, 3.63) is 39.9 Å². The molecule has 1 aliphatic rings. The maximum Gasteiger partial charge on any atom is 0.305 e. The third kappa shape index (κ3) is 3.52. The molecular weight excluding hydrogens is 262 g/mol. The maximum atomic E-state index is 10.8. The van der Waals surface area contributed by atoms with Gasteiger partial charge in [-0.05, 0) is 18.5 Å². The summed E-state index contributed by atoms with van der Waals surface area (Å²) in [5, 5.41) is 25.8. The van der Waals surface area contributed by atoms with Gasteiger partial charge in [0.2, 0.25) is 0 Å². The Kier molecular flexibility index (Phi) is 4.31. The zero-order valence-corrected chi connectivity index (χ0v) is 11.0. The largest absolute Gasteiger partial charge is 0.481 e. The monoisotopic (exact) mass is 279 g/mol. The summed E-state index contributed by atoms with van der Waals surface area (Å²) in [7, 11) is 0. The zero-order valence-electron chi connectivity index (χ0n) is 11.0. The van der Waals surface area contributed by atoms with Crippen molar-refractivity contribution in [1.82, 2.24) is 10.6 Å². The molecule has 0 amide bonds. The van der Waals surface area contributed by atoms with Crippen molar-refractivity contribution in [3.63, 3.8) is 0 Å². The number of nitrogens with one attached hydrogen (secondary N) is 2. The van der Waals surface area contributed by atoms with Crippen LogP contribution in [0.3, 0.4) is 0 Å². The second-order valence-electron chi connectivity index (χ2n) is 5.05. The van der Waals surface area contributed by atoms with Crippen LogP contribution in [-0.4, -0.2) is 41.2 Å². The first-order chi connectivity index (χ1) is 9.51. The van der Waals surface area contributed by atoms with Gasteiger partial charge in [-0.2, -0.15) is 0 Å². The highest BCUT2D eigenvalue weighted by atomic mass is 16.6. The summed E-state index contributed by atoms with van der Waals surface area (Å²) >= 11 is 0. The Morgan fingerprint density at radius 2 is 2.05 bits per heavy atom. The molecule has 0 bridgehead atoms. The molecule has 2 rings (SSSR count). The predicted molar refractivity (Wildman–Crippen MR) is 72.7 cm³/mol. The van der Waals surface area contributed by atoms with Crippen LogP contribution in [0.4, 0.5) is 5.69 Å². The normalized spacial score (nSPS) is 16.4. The van der Waals surface area contributed by atoms with Gasteiger partial charge in [0, 0.05) is 25.2 Å². The highest BCUT2D eigenvalue weighted by Gasteiger charge is 2.38. The first-order valence-electron chi connectivity index (χ1n) is 6.42. The molecule has 1 aromatic rings. The number of nitro groups is 1. The molecule has 0 unspecified atom stereocenters. The number of carboxylic acid groups (broad SMARTS) is 1.